The van der Waals surface area contributed by atoms with Crippen molar-refractivity contribution in [1.82, 2.24) is 15.3 Å². The number of carbonyl (C=O) groups excluding carboxylic acids is 1. The Balaban J connectivity index is 1.43. The Morgan fingerprint density at radius 1 is 0.967 bits per heavy atom. The molecule has 0 saturated carbocycles. The van der Waals surface area contributed by atoms with Crippen LogP contribution in [0.2, 0.25) is 0 Å². The van der Waals surface area contributed by atoms with Crippen molar-refractivity contribution >= 4 is 17.4 Å². The lowest BCUT2D eigenvalue weighted by atomic mass is 10.1. The zero-order valence-corrected chi connectivity index (χ0v) is 17.5. The first-order chi connectivity index (χ1) is 14.6. The molecule has 2 heterocycles. The molecule has 4 rings (SSSR count). The van der Waals surface area contributed by atoms with Gasteiger partial charge in [-0.1, -0.05) is 24.3 Å². The maximum absolute atomic E-state index is 12.6. The van der Waals surface area contributed by atoms with E-state index in [0.29, 0.717) is 12.1 Å². The lowest BCUT2D eigenvalue weighted by Gasteiger charge is -2.19. The summed E-state index contributed by atoms with van der Waals surface area (Å²) in [4.78, 5) is 26.0. The third-order valence-corrected chi connectivity index (χ3v) is 5.41. The van der Waals surface area contributed by atoms with Crippen LogP contribution in [-0.2, 0) is 6.54 Å². The van der Waals surface area contributed by atoms with Gasteiger partial charge in [0.15, 0.2) is 5.82 Å². The molecular weight excluding hydrogens is 374 g/mol. The largest absolute Gasteiger partial charge is 0.378 e. The molecule has 0 bridgehead atoms. The zero-order chi connectivity index (χ0) is 20.9. The molecule has 1 aliphatic heterocycles. The highest BCUT2D eigenvalue weighted by molar-refractivity contribution is 5.94. The second kappa shape index (κ2) is 8.95. The lowest BCUT2D eigenvalue weighted by Crippen LogP contribution is -2.22. The van der Waals surface area contributed by atoms with E-state index >= 15 is 0 Å². The van der Waals surface area contributed by atoms with Crippen LogP contribution >= 0.6 is 0 Å². The molecule has 1 amide bonds. The number of rotatable bonds is 6. The Morgan fingerprint density at radius 3 is 2.30 bits per heavy atom. The van der Waals surface area contributed by atoms with Crippen LogP contribution in [0.1, 0.15) is 28.8 Å². The number of aromatic nitrogens is 2. The minimum atomic E-state index is -0.0860. The van der Waals surface area contributed by atoms with Gasteiger partial charge in [-0.05, 0) is 42.7 Å². The molecule has 6 nitrogen and oxygen atoms in total. The summed E-state index contributed by atoms with van der Waals surface area (Å²) in [5, 5.41) is 2.99. The van der Waals surface area contributed by atoms with E-state index in [-0.39, 0.29) is 5.91 Å². The normalized spacial score (nSPS) is 13.3. The Labute approximate surface area is 177 Å². The average Bonchev–Trinajstić information content (AvgIpc) is 3.33. The SMILES string of the molecule is CN(C)c1ccc(CNC(=O)c2ccc(-c3nccnc3N3CCCC3)cc2)cc1. The van der Waals surface area contributed by atoms with Crippen molar-refractivity contribution in [3.8, 4) is 11.3 Å². The number of amides is 1. The molecule has 0 unspecified atom stereocenters. The van der Waals surface area contributed by atoms with Gasteiger partial charge in [-0.25, -0.2) is 4.98 Å². The number of hydrogen-bond acceptors (Lipinski definition) is 5. The standard InChI is InChI=1S/C24H27N5O/c1-28(2)21-11-5-18(6-12-21)17-27-24(30)20-9-7-19(8-10-20)22-23(26-14-13-25-22)29-15-3-4-16-29/h5-14H,3-4,15-17H2,1-2H3,(H,27,30). The monoisotopic (exact) mass is 401 g/mol. The van der Waals surface area contributed by atoms with E-state index < -0.39 is 0 Å². The summed E-state index contributed by atoms with van der Waals surface area (Å²) in [7, 11) is 4.02. The third-order valence-electron chi connectivity index (χ3n) is 5.41. The first-order valence-electron chi connectivity index (χ1n) is 10.3. The highest BCUT2D eigenvalue weighted by Crippen LogP contribution is 2.29. The smallest absolute Gasteiger partial charge is 0.251 e. The molecule has 3 aromatic rings. The fourth-order valence-corrected chi connectivity index (χ4v) is 3.67. The molecule has 0 aliphatic carbocycles. The Hall–Kier alpha value is -3.41. The molecule has 154 valence electrons. The highest BCUT2D eigenvalue weighted by atomic mass is 16.1. The van der Waals surface area contributed by atoms with Gasteiger partial charge in [-0.2, -0.15) is 0 Å². The third kappa shape index (κ3) is 4.43. The first-order valence-corrected chi connectivity index (χ1v) is 10.3. The molecule has 1 N–H and O–H groups in total. The van der Waals surface area contributed by atoms with E-state index in [1.165, 1.54) is 12.8 Å². The summed E-state index contributed by atoms with van der Waals surface area (Å²) in [6.45, 7) is 2.53. The number of benzene rings is 2. The van der Waals surface area contributed by atoms with E-state index in [0.717, 1.165) is 41.4 Å². The van der Waals surface area contributed by atoms with Crippen LogP contribution in [0, 0.1) is 0 Å². The summed E-state index contributed by atoms with van der Waals surface area (Å²) in [6, 6.07) is 15.8. The summed E-state index contributed by atoms with van der Waals surface area (Å²) >= 11 is 0. The molecule has 0 spiro atoms. The van der Waals surface area contributed by atoms with Crippen LogP contribution in [0.4, 0.5) is 11.5 Å². The van der Waals surface area contributed by atoms with Gasteiger partial charge in [-0.15, -0.1) is 0 Å². The van der Waals surface area contributed by atoms with Crippen molar-refractivity contribution in [3.63, 3.8) is 0 Å². The summed E-state index contributed by atoms with van der Waals surface area (Å²) < 4.78 is 0. The topological polar surface area (TPSA) is 61.4 Å². The van der Waals surface area contributed by atoms with Crippen molar-refractivity contribution < 1.29 is 4.79 Å². The minimum Gasteiger partial charge on any atom is -0.378 e. The van der Waals surface area contributed by atoms with Gasteiger partial charge in [0.05, 0.1) is 0 Å². The van der Waals surface area contributed by atoms with Gasteiger partial charge in [0.1, 0.15) is 5.69 Å². The predicted octanol–water partition coefficient (Wildman–Crippen LogP) is 3.74. The van der Waals surface area contributed by atoms with E-state index in [9.17, 15) is 4.79 Å². The van der Waals surface area contributed by atoms with Crippen molar-refractivity contribution in [2.24, 2.45) is 0 Å². The van der Waals surface area contributed by atoms with Crippen molar-refractivity contribution in [3.05, 3.63) is 72.1 Å². The Morgan fingerprint density at radius 2 is 1.63 bits per heavy atom. The Bertz CT molecular complexity index is 993. The van der Waals surface area contributed by atoms with Crippen LogP contribution in [0.5, 0.6) is 0 Å². The molecule has 0 radical (unpaired) electrons. The van der Waals surface area contributed by atoms with E-state index in [4.69, 9.17) is 0 Å². The molecule has 6 heteroatoms. The quantitative estimate of drug-likeness (QED) is 0.682. The first kappa shape index (κ1) is 19.9. The molecule has 1 saturated heterocycles. The second-order valence-corrected chi connectivity index (χ2v) is 7.74. The lowest BCUT2D eigenvalue weighted by molar-refractivity contribution is 0.0951. The van der Waals surface area contributed by atoms with E-state index in [1.807, 2.05) is 50.5 Å². The number of hydrogen-bond donors (Lipinski definition) is 1. The van der Waals surface area contributed by atoms with Gasteiger partial charge < -0.3 is 15.1 Å². The molecular formula is C24H27N5O. The predicted molar refractivity (Wildman–Crippen MR) is 121 cm³/mol. The second-order valence-electron chi connectivity index (χ2n) is 7.74. The zero-order valence-electron chi connectivity index (χ0n) is 17.5. The van der Waals surface area contributed by atoms with Gasteiger partial charge >= 0.3 is 0 Å². The van der Waals surface area contributed by atoms with Crippen LogP contribution < -0.4 is 15.1 Å². The van der Waals surface area contributed by atoms with E-state index in [1.54, 1.807) is 12.4 Å². The fourth-order valence-electron chi connectivity index (χ4n) is 3.67. The minimum absolute atomic E-state index is 0.0860. The summed E-state index contributed by atoms with van der Waals surface area (Å²) in [6.07, 6.45) is 5.83. The molecule has 1 aliphatic rings. The van der Waals surface area contributed by atoms with Crippen molar-refractivity contribution in [2.45, 2.75) is 19.4 Å². The van der Waals surface area contributed by atoms with Crippen LogP contribution in [0.3, 0.4) is 0 Å². The molecule has 0 atom stereocenters. The molecule has 1 fully saturated rings. The molecule has 1 aromatic heterocycles. The van der Waals surface area contributed by atoms with Crippen molar-refractivity contribution in [2.75, 3.05) is 37.0 Å². The van der Waals surface area contributed by atoms with Crippen LogP contribution in [-0.4, -0.2) is 43.1 Å². The number of nitrogens with zero attached hydrogens (tertiary/aromatic N) is 4. The molecule has 30 heavy (non-hydrogen) atoms. The van der Waals surface area contributed by atoms with E-state index in [2.05, 4.69) is 37.2 Å². The van der Waals surface area contributed by atoms with Gasteiger partial charge in [0.25, 0.3) is 5.91 Å². The maximum Gasteiger partial charge on any atom is 0.251 e. The summed E-state index contributed by atoms with van der Waals surface area (Å²) in [5.41, 5.74) is 4.68. The van der Waals surface area contributed by atoms with Crippen LogP contribution in [0.25, 0.3) is 11.3 Å². The number of nitrogens with one attached hydrogen (secondary N) is 1. The number of carbonyl (C=O) groups is 1. The summed E-state index contributed by atoms with van der Waals surface area (Å²) in [5.74, 6) is 0.838. The van der Waals surface area contributed by atoms with Crippen molar-refractivity contribution in [1.29, 1.82) is 0 Å². The van der Waals surface area contributed by atoms with Gasteiger partial charge in [0, 0.05) is 62.9 Å². The average molecular weight is 402 g/mol. The van der Waals surface area contributed by atoms with Gasteiger partial charge in [0.2, 0.25) is 0 Å². The highest BCUT2D eigenvalue weighted by Gasteiger charge is 2.19. The maximum atomic E-state index is 12.6. The van der Waals surface area contributed by atoms with Crippen LogP contribution in [0.15, 0.2) is 60.9 Å². The fraction of sp³-hybridized carbons (Fsp3) is 0.292. The Kier molecular flexibility index (Phi) is 5.93. The van der Waals surface area contributed by atoms with Gasteiger partial charge in [-0.3, -0.25) is 9.78 Å². The number of anilines is 2. The molecule has 2 aromatic carbocycles.